The zero-order chi connectivity index (χ0) is 27.5. The molecule has 37 heavy (non-hydrogen) atoms. The molecule has 0 spiro atoms. The van der Waals surface area contributed by atoms with Crippen LogP contribution in [0.3, 0.4) is 0 Å². The first-order valence-corrected chi connectivity index (χ1v) is 17.0. The smallest absolute Gasteiger partial charge is 0.330 e. The molecule has 0 saturated carbocycles. The molecule has 1 atom stereocenters. The third kappa shape index (κ3) is 25.6. The number of unbranched alkanes of at least 4 members (excludes halogenated alkanes) is 15. The Bertz CT molecular complexity index is 534. The maximum absolute atomic E-state index is 12.3. The molecule has 1 unspecified atom stereocenters. The minimum Gasteiger partial charge on any atom is -0.463 e. The van der Waals surface area contributed by atoms with Crippen LogP contribution in [-0.4, -0.2) is 56.4 Å². The van der Waals surface area contributed by atoms with Crippen molar-refractivity contribution >= 4 is 13.6 Å². The van der Waals surface area contributed by atoms with E-state index in [0.717, 1.165) is 12.8 Å². The molecule has 0 aliphatic carbocycles. The molecule has 0 rings (SSSR count). The lowest BCUT2D eigenvalue weighted by molar-refractivity contribution is -0.147. The Morgan fingerprint density at radius 2 is 1.14 bits per heavy atom. The van der Waals surface area contributed by atoms with Crippen LogP contribution in [0.25, 0.3) is 0 Å². The summed E-state index contributed by atoms with van der Waals surface area (Å²) in [7, 11) is -3.05. The van der Waals surface area contributed by atoms with E-state index in [9.17, 15) is 14.5 Å². The second kappa shape index (κ2) is 27.1. The molecule has 0 aliphatic heterocycles. The van der Waals surface area contributed by atoms with E-state index in [4.69, 9.17) is 18.5 Å². The Morgan fingerprint density at radius 3 is 1.59 bits per heavy atom. The van der Waals surface area contributed by atoms with E-state index in [1.54, 1.807) is 13.8 Å². The van der Waals surface area contributed by atoms with Crippen LogP contribution in [0.1, 0.15) is 136 Å². The SMILES string of the molecule is CCCCCCCCCCCCCCCCCCC(=O)OCC(O)COCCCP(=O)(OCC)OCC. The van der Waals surface area contributed by atoms with E-state index in [-0.39, 0.29) is 25.3 Å². The fourth-order valence-corrected chi connectivity index (χ4v) is 5.90. The maximum Gasteiger partial charge on any atom is 0.330 e. The summed E-state index contributed by atoms with van der Waals surface area (Å²) in [6.45, 7) is 6.83. The molecule has 0 amide bonds. The largest absolute Gasteiger partial charge is 0.463 e. The van der Waals surface area contributed by atoms with E-state index >= 15 is 0 Å². The van der Waals surface area contributed by atoms with Crippen LogP contribution < -0.4 is 0 Å². The fourth-order valence-electron chi connectivity index (χ4n) is 4.27. The highest BCUT2D eigenvalue weighted by atomic mass is 31.2. The van der Waals surface area contributed by atoms with Crippen LogP contribution in [0, 0.1) is 0 Å². The predicted molar refractivity (Wildman–Crippen MR) is 152 cm³/mol. The lowest BCUT2D eigenvalue weighted by Gasteiger charge is -2.17. The highest BCUT2D eigenvalue weighted by Gasteiger charge is 2.22. The standard InChI is InChI=1S/C29H59O7P/c1-4-7-8-9-10-11-12-13-14-15-16-17-18-19-20-21-23-29(31)34-27-28(30)26-33-24-22-25-37(32,35-5-2)36-6-3/h28,30H,4-27H2,1-3H3. The molecule has 222 valence electrons. The highest BCUT2D eigenvalue weighted by Crippen LogP contribution is 2.48. The summed E-state index contributed by atoms with van der Waals surface area (Å²) < 4.78 is 33.3. The van der Waals surface area contributed by atoms with Gasteiger partial charge >= 0.3 is 13.6 Å². The molecule has 0 aliphatic rings. The van der Waals surface area contributed by atoms with Gasteiger partial charge in [0.25, 0.3) is 0 Å². The van der Waals surface area contributed by atoms with E-state index in [1.807, 2.05) is 0 Å². The molecule has 0 aromatic heterocycles. The topological polar surface area (TPSA) is 91.3 Å². The molecule has 0 radical (unpaired) electrons. The molecule has 0 saturated heterocycles. The van der Waals surface area contributed by atoms with Crippen molar-refractivity contribution in [3.63, 3.8) is 0 Å². The van der Waals surface area contributed by atoms with E-state index in [0.29, 0.717) is 32.7 Å². The van der Waals surface area contributed by atoms with Gasteiger partial charge in [-0.2, -0.15) is 0 Å². The number of rotatable bonds is 29. The number of carbonyl (C=O) groups is 1. The monoisotopic (exact) mass is 550 g/mol. The maximum atomic E-state index is 12.3. The van der Waals surface area contributed by atoms with Gasteiger partial charge in [0.2, 0.25) is 0 Å². The van der Waals surface area contributed by atoms with Crippen molar-refractivity contribution in [2.45, 2.75) is 142 Å². The first-order chi connectivity index (χ1) is 18.0. The number of carbonyl (C=O) groups excluding carboxylic acids is 1. The summed E-state index contributed by atoms with van der Waals surface area (Å²) in [5, 5.41) is 9.93. The van der Waals surface area contributed by atoms with Crippen LogP contribution in [0.4, 0.5) is 0 Å². The number of hydrogen-bond acceptors (Lipinski definition) is 7. The highest BCUT2D eigenvalue weighted by molar-refractivity contribution is 7.53. The molecule has 0 bridgehead atoms. The van der Waals surface area contributed by atoms with Crippen molar-refractivity contribution in [1.29, 1.82) is 0 Å². The Kier molecular flexibility index (Phi) is 26.8. The van der Waals surface area contributed by atoms with E-state index in [1.165, 1.54) is 89.9 Å². The number of hydrogen-bond donors (Lipinski definition) is 1. The second-order valence-electron chi connectivity index (χ2n) is 9.99. The summed E-state index contributed by atoms with van der Waals surface area (Å²) >= 11 is 0. The van der Waals surface area contributed by atoms with Gasteiger partial charge in [-0.1, -0.05) is 103 Å². The molecule has 7 nitrogen and oxygen atoms in total. The molecule has 1 N–H and O–H groups in total. The zero-order valence-corrected chi connectivity index (χ0v) is 25.3. The van der Waals surface area contributed by atoms with Crippen molar-refractivity contribution in [2.75, 3.05) is 39.2 Å². The van der Waals surface area contributed by atoms with Crippen LogP contribution in [0.5, 0.6) is 0 Å². The number of aliphatic hydroxyl groups excluding tert-OH is 1. The molecule has 0 aromatic carbocycles. The van der Waals surface area contributed by atoms with Gasteiger partial charge in [-0.25, -0.2) is 0 Å². The molecule has 0 heterocycles. The van der Waals surface area contributed by atoms with Gasteiger partial charge < -0.3 is 23.6 Å². The van der Waals surface area contributed by atoms with Crippen molar-refractivity contribution in [3.8, 4) is 0 Å². The Morgan fingerprint density at radius 1 is 0.676 bits per heavy atom. The molecular formula is C29H59O7P. The summed E-state index contributed by atoms with van der Waals surface area (Å²) in [5.41, 5.74) is 0. The molecule has 0 fully saturated rings. The second-order valence-corrected chi connectivity index (χ2v) is 12.2. The first-order valence-electron chi connectivity index (χ1n) is 15.3. The first kappa shape index (κ1) is 36.5. The van der Waals surface area contributed by atoms with Gasteiger partial charge in [0.05, 0.1) is 26.0 Å². The molecule has 8 heteroatoms. The average molecular weight is 551 g/mol. The van der Waals surface area contributed by atoms with E-state index in [2.05, 4.69) is 6.92 Å². The fraction of sp³-hybridized carbons (Fsp3) is 0.966. The van der Waals surface area contributed by atoms with Gasteiger partial charge in [0, 0.05) is 13.0 Å². The summed E-state index contributed by atoms with van der Waals surface area (Å²) in [6, 6.07) is 0. The third-order valence-electron chi connectivity index (χ3n) is 6.35. The van der Waals surface area contributed by atoms with Crippen molar-refractivity contribution in [1.82, 2.24) is 0 Å². The van der Waals surface area contributed by atoms with Crippen LogP contribution in [0.2, 0.25) is 0 Å². The average Bonchev–Trinajstić information content (AvgIpc) is 2.87. The van der Waals surface area contributed by atoms with Gasteiger partial charge in [-0.15, -0.1) is 0 Å². The number of aliphatic hydroxyl groups is 1. The number of esters is 1. The normalized spacial score (nSPS) is 12.6. The van der Waals surface area contributed by atoms with Gasteiger partial charge in [0.1, 0.15) is 12.7 Å². The third-order valence-corrected chi connectivity index (χ3v) is 8.52. The van der Waals surface area contributed by atoms with Crippen molar-refractivity contribution < 1.29 is 33.0 Å². The minimum absolute atomic E-state index is 0.0614. The minimum atomic E-state index is -3.05. The van der Waals surface area contributed by atoms with Crippen LogP contribution >= 0.6 is 7.60 Å². The Labute approximate surface area is 228 Å². The lowest BCUT2D eigenvalue weighted by atomic mass is 10.0. The van der Waals surface area contributed by atoms with Gasteiger partial charge in [-0.3, -0.25) is 9.36 Å². The van der Waals surface area contributed by atoms with Gasteiger partial charge in [0.15, 0.2) is 0 Å². The number of ether oxygens (including phenoxy) is 2. The van der Waals surface area contributed by atoms with Crippen molar-refractivity contribution in [3.05, 3.63) is 0 Å². The Balaban J connectivity index is 3.45. The quantitative estimate of drug-likeness (QED) is 0.0570. The summed E-state index contributed by atoms with van der Waals surface area (Å²) in [4.78, 5) is 11.9. The van der Waals surface area contributed by atoms with Crippen molar-refractivity contribution in [2.24, 2.45) is 0 Å². The summed E-state index contributed by atoms with van der Waals surface area (Å²) in [5.74, 6) is -0.265. The van der Waals surface area contributed by atoms with Gasteiger partial charge in [-0.05, 0) is 26.7 Å². The van der Waals surface area contributed by atoms with Crippen LogP contribution in [0.15, 0.2) is 0 Å². The summed E-state index contributed by atoms with van der Waals surface area (Å²) in [6.07, 6.45) is 21.1. The molecule has 0 aromatic rings. The lowest BCUT2D eigenvalue weighted by Crippen LogP contribution is -2.24. The van der Waals surface area contributed by atoms with E-state index < -0.39 is 13.7 Å². The zero-order valence-electron chi connectivity index (χ0n) is 24.4. The Hall–Kier alpha value is -0.460. The predicted octanol–water partition coefficient (Wildman–Crippen LogP) is 8.21. The molecular weight excluding hydrogens is 491 g/mol. The van der Waals surface area contributed by atoms with Crippen LogP contribution in [-0.2, 0) is 27.9 Å².